The number of hydrogen-bond donors (Lipinski definition) is 1. The molecule has 1 amide bonds. The maximum Gasteiger partial charge on any atom is 0.248 e. The van der Waals surface area contributed by atoms with Crippen molar-refractivity contribution in [2.75, 3.05) is 18.5 Å². The van der Waals surface area contributed by atoms with Gasteiger partial charge in [-0.1, -0.05) is 23.7 Å². The predicted octanol–water partition coefficient (Wildman–Crippen LogP) is 7.73. The Kier molecular flexibility index (Phi) is 7.42. The molecule has 0 aliphatic carbocycles. The lowest BCUT2D eigenvalue weighted by molar-refractivity contribution is -0.111. The molecule has 3 aromatic carbocycles. The highest BCUT2D eigenvalue weighted by Crippen LogP contribution is 2.38. The van der Waals surface area contributed by atoms with E-state index in [9.17, 15) is 9.18 Å². The third kappa shape index (κ3) is 5.49. The van der Waals surface area contributed by atoms with Gasteiger partial charge in [0.05, 0.1) is 24.5 Å². The van der Waals surface area contributed by atoms with Crippen LogP contribution in [-0.2, 0) is 4.79 Å². The second-order valence-corrected chi connectivity index (χ2v) is 8.24. The van der Waals surface area contributed by atoms with Crippen molar-refractivity contribution in [3.63, 3.8) is 0 Å². The van der Waals surface area contributed by atoms with E-state index in [0.29, 0.717) is 35.8 Å². The summed E-state index contributed by atoms with van der Waals surface area (Å²) < 4.78 is 30.6. The van der Waals surface area contributed by atoms with Gasteiger partial charge in [0.25, 0.3) is 0 Å². The van der Waals surface area contributed by atoms with Crippen molar-refractivity contribution in [1.82, 2.24) is 0 Å². The highest BCUT2D eigenvalue weighted by molar-refractivity contribution is 6.31. The molecule has 0 saturated heterocycles. The van der Waals surface area contributed by atoms with Crippen LogP contribution in [0.5, 0.6) is 11.5 Å². The third-order valence-corrected chi connectivity index (χ3v) is 5.70. The molecule has 0 fully saturated rings. The Morgan fingerprint density at radius 2 is 1.80 bits per heavy atom. The molecule has 0 spiro atoms. The minimum atomic E-state index is -0.547. The molecule has 1 N–H and O–H groups in total. The number of furan rings is 1. The van der Waals surface area contributed by atoms with Gasteiger partial charge in [0.1, 0.15) is 22.9 Å². The Morgan fingerprint density at radius 1 is 1.06 bits per heavy atom. The molecule has 35 heavy (non-hydrogen) atoms. The third-order valence-electron chi connectivity index (χ3n) is 5.41. The molecule has 0 unspecified atom stereocenters. The molecule has 7 heteroatoms. The van der Waals surface area contributed by atoms with E-state index >= 15 is 0 Å². The standard InChI is InChI=1S/C28H25ClFNO4/c1-4-33-20-9-6-18(7-10-20)23-16-35-27-15-26(34-5-2)21(14-22(23)27)17(3)12-28(32)31-19-8-11-25(30)24(29)13-19/h6-16H,4-5H2,1-3H3,(H,31,32)/b17-12+. The fraction of sp³-hybridized carbons (Fsp3) is 0.179. The lowest BCUT2D eigenvalue weighted by Gasteiger charge is -2.12. The van der Waals surface area contributed by atoms with Crippen molar-refractivity contribution in [2.45, 2.75) is 20.8 Å². The molecule has 0 bridgehead atoms. The molecule has 0 radical (unpaired) electrons. The van der Waals surface area contributed by atoms with Crippen LogP contribution < -0.4 is 14.8 Å². The minimum absolute atomic E-state index is 0.0608. The van der Waals surface area contributed by atoms with Crippen LogP contribution in [0.1, 0.15) is 26.3 Å². The number of hydrogen-bond acceptors (Lipinski definition) is 4. The highest BCUT2D eigenvalue weighted by Gasteiger charge is 2.16. The molecule has 4 aromatic rings. The first-order valence-electron chi connectivity index (χ1n) is 11.3. The van der Waals surface area contributed by atoms with E-state index in [0.717, 1.165) is 27.8 Å². The molecule has 1 aromatic heterocycles. The average molecular weight is 494 g/mol. The van der Waals surface area contributed by atoms with Crippen molar-refractivity contribution < 1.29 is 23.1 Å². The first kappa shape index (κ1) is 24.4. The molecule has 0 saturated carbocycles. The summed E-state index contributed by atoms with van der Waals surface area (Å²) in [6.07, 6.45) is 3.18. The van der Waals surface area contributed by atoms with E-state index in [1.54, 1.807) is 6.26 Å². The number of benzene rings is 3. The molecule has 180 valence electrons. The number of carbonyl (C=O) groups excluding carboxylic acids is 1. The number of halogens is 2. The summed E-state index contributed by atoms with van der Waals surface area (Å²) in [6.45, 7) is 6.73. The SMILES string of the molecule is CCOc1ccc(-c2coc3cc(OCC)c(/C(C)=C/C(=O)Nc4ccc(F)c(Cl)c4)cc23)cc1. The van der Waals surface area contributed by atoms with Gasteiger partial charge in [-0.25, -0.2) is 4.39 Å². The largest absolute Gasteiger partial charge is 0.494 e. The van der Waals surface area contributed by atoms with Gasteiger partial charge in [-0.2, -0.15) is 0 Å². The van der Waals surface area contributed by atoms with E-state index < -0.39 is 5.82 Å². The first-order chi connectivity index (χ1) is 16.9. The van der Waals surface area contributed by atoms with Gasteiger partial charge in [0.2, 0.25) is 5.91 Å². The zero-order chi connectivity index (χ0) is 24.9. The number of allylic oxidation sites excluding steroid dienone is 1. The molecule has 0 aliphatic heterocycles. The van der Waals surface area contributed by atoms with E-state index in [1.165, 1.54) is 24.3 Å². The zero-order valence-electron chi connectivity index (χ0n) is 19.7. The number of fused-ring (bicyclic) bond motifs is 1. The summed E-state index contributed by atoms with van der Waals surface area (Å²) in [4.78, 5) is 12.7. The van der Waals surface area contributed by atoms with Crippen LogP contribution in [0.15, 0.2) is 71.4 Å². The molecule has 0 atom stereocenters. The number of carbonyl (C=O) groups is 1. The number of nitrogens with one attached hydrogen (secondary N) is 1. The van der Waals surface area contributed by atoms with Gasteiger partial charge in [-0.15, -0.1) is 0 Å². The first-order valence-corrected chi connectivity index (χ1v) is 11.6. The summed E-state index contributed by atoms with van der Waals surface area (Å²) >= 11 is 5.81. The molecular weight excluding hydrogens is 469 g/mol. The Morgan fingerprint density at radius 3 is 2.49 bits per heavy atom. The summed E-state index contributed by atoms with van der Waals surface area (Å²) in [7, 11) is 0. The van der Waals surface area contributed by atoms with Crippen molar-refractivity contribution in [3.8, 4) is 22.6 Å². The Hall–Kier alpha value is -3.77. The summed E-state index contributed by atoms with van der Waals surface area (Å²) in [5.41, 5.74) is 4.44. The second-order valence-electron chi connectivity index (χ2n) is 7.83. The zero-order valence-corrected chi connectivity index (χ0v) is 20.4. The maximum atomic E-state index is 13.4. The number of ether oxygens (including phenoxy) is 2. The molecular formula is C28H25ClFNO4. The minimum Gasteiger partial charge on any atom is -0.494 e. The Bertz CT molecular complexity index is 1390. The van der Waals surface area contributed by atoms with Crippen molar-refractivity contribution in [3.05, 3.63) is 83.3 Å². The van der Waals surface area contributed by atoms with Gasteiger partial charge in [0.15, 0.2) is 0 Å². The molecule has 1 heterocycles. The lowest BCUT2D eigenvalue weighted by Crippen LogP contribution is -2.09. The fourth-order valence-corrected chi connectivity index (χ4v) is 3.97. The smallest absolute Gasteiger partial charge is 0.248 e. The topological polar surface area (TPSA) is 60.7 Å². The average Bonchev–Trinajstić information content (AvgIpc) is 3.24. The Labute approximate surface area is 208 Å². The van der Waals surface area contributed by atoms with Gasteiger partial charge in [-0.3, -0.25) is 4.79 Å². The van der Waals surface area contributed by atoms with Gasteiger partial charge >= 0.3 is 0 Å². The fourth-order valence-electron chi connectivity index (χ4n) is 3.79. The van der Waals surface area contributed by atoms with Crippen LogP contribution >= 0.6 is 11.6 Å². The van der Waals surface area contributed by atoms with Crippen molar-refractivity contribution >= 4 is 39.7 Å². The van der Waals surface area contributed by atoms with Crippen LogP contribution in [0.2, 0.25) is 5.02 Å². The predicted molar refractivity (Wildman–Crippen MR) is 138 cm³/mol. The number of anilines is 1. The van der Waals surface area contributed by atoms with Gasteiger partial charge in [-0.05, 0) is 68.3 Å². The summed E-state index contributed by atoms with van der Waals surface area (Å²) in [5.74, 6) is 0.496. The quantitative estimate of drug-likeness (QED) is 0.255. The van der Waals surface area contributed by atoms with Crippen LogP contribution in [0.4, 0.5) is 10.1 Å². The monoisotopic (exact) mass is 493 g/mol. The molecule has 5 nitrogen and oxygen atoms in total. The van der Waals surface area contributed by atoms with Crippen molar-refractivity contribution in [2.24, 2.45) is 0 Å². The maximum absolute atomic E-state index is 13.4. The summed E-state index contributed by atoms with van der Waals surface area (Å²) in [5, 5.41) is 3.54. The van der Waals surface area contributed by atoms with Gasteiger partial charge in [0, 0.05) is 34.3 Å². The van der Waals surface area contributed by atoms with Crippen LogP contribution in [0.3, 0.4) is 0 Å². The van der Waals surface area contributed by atoms with E-state index in [-0.39, 0.29) is 10.9 Å². The number of amides is 1. The van der Waals surface area contributed by atoms with Crippen LogP contribution in [0.25, 0.3) is 27.7 Å². The summed E-state index contributed by atoms with van der Waals surface area (Å²) in [6, 6.07) is 15.6. The number of rotatable bonds is 8. The normalized spacial score (nSPS) is 11.5. The van der Waals surface area contributed by atoms with E-state index in [1.807, 2.05) is 57.2 Å². The Balaban J connectivity index is 1.69. The molecule has 0 aliphatic rings. The lowest BCUT2D eigenvalue weighted by atomic mass is 9.99. The van der Waals surface area contributed by atoms with E-state index in [2.05, 4.69) is 5.32 Å². The van der Waals surface area contributed by atoms with Crippen LogP contribution in [-0.4, -0.2) is 19.1 Å². The second kappa shape index (κ2) is 10.7. The van der Waals surface area contributed by atoms with E-state index in [4.69, 9.17) is 25.5 Å². The highest BCUT2D eigenvalue weighted by atomic mass is 35.5. The van der Waals surface area contributed by atoms with Crippen LogP contribution in [0, 0.1) is 5.82 Å². The van der Waals surface area contributed by atoms with Crippen molar-refractivity contribution in [1.29, 1.82) is 0 Å². The van der Waals surface area contributed by atoms with Gasteiger partial charge < -0.3 is 19.2 Å². The molecule has 4 rings (SSSR count).